The van der Waals surface area contributed by atoms with E-state index in [1.807, 2.05) is 0 Å². The minimum Gasteiger partial charge on any atom is -0.389 e. The minimum absolute atomic E-state index is 0.0521. The quantitative estimate of drug-likeness (QED) is 0.542. The summed E-state index contributed by atoms with van der Waals surface area (Å²) in [7, 11) is 0. The number of halogens is 1. The van der Waals surface area contributed by atoms with Crippen molar-refractivity contribution in [2.75, 3.05) is 12.4 Å². The highest BCUT2D eigenvalue weighted by molar-refractivity contribution is 7.93. The van der Waals surface area contributed by atoms with Crippen LogP contribution in [-0.4, -0.2) is 28.2 Å². The lowest BCUT2D eigenvalue weighted by atomic mass is 10.5. The van der Waals surface area contributed by atoms with Gasteiger partial charge in [0.05, 0.1) is 6.10 Å². The van der Waals surface area contributed by atoms with Crippen molar-refractivity contribution >= 4 is 12.0 Å². The third-order valence-corrected chi connectivity index (χ3v) is 0.979. The van der Waals surface area contributed by atoms with Gasteiger partial charge in [-0.05, 0) is 12.0 Å². The van der Waals surface area contributed by atoms with Gasteiger partial charge in [0.15, 0.2) is 0 Å². The molecule has 0 aromatic carbocycles. The number of alkyl halides is 1. The Morgan fingerprint density at radius 2 is 2.29 bits per heavy atom. The highest BCUT2D eigenvalue weighted by atomic mass is 32.2. The summed E-state index contributed by atoms with van der Waals surface area (Å²) in [6.45, 7) is -0.784. The van der Waals surface area contributed by atoms with Gasteiger partial charge in [-0.3, -0.25) is 0 Å². The second-order valence-electron chi connectivity index (χ2n) is 1.10. The summed E-state index contributed by atoms with van der Waals surface area (Å²) in [4.78, 5) is 0. The average molecular weight is 126 g/mol. The molecule has 2 N–H and O–H groups in total. The molecule has 0 fully saturated rings. The fourth-order valence-electron chi connectivity index (χ4n) is 0.131. The van der Waals surface area contributed by atoms with Crippen LogP contribution in [0.5, 0.6) is 0 Å². The first-order valence-corrected chi connectivity index (χ1v) is 2.76. The largest absolute Gasteiger partial charge is 0.389 e. The Balaban J connectivity index is 2.83. The van der Waals surface area contributed by atoms with Gasteiger partial charge in [-0.1, -0.05) is 0 Å². The Labute approximate surface area is 45.6 Å². The summed E-state index contributed by atoms with van der Waals surface area (Å²) in [6, 6.07) is 0. The molecular formula is C3H7FO2S. The van der Waals surface area contributed by atoms with E-state index in [1.54, 1.807) is 0 Å². The molecule has 0 rings (SSSR count). The van der Waals surface area contributed by atoms with Crippen molar-refractivity contribution in [3.8, 4) is 0 Å². The first-order chi connectivity index (χ1) is 3.31. The molecule has 0 spiro atoms. The van der Waals surface area contributed by atoms with Crippen molar-refractivity contribution in [1.29, 1.82) is 0 Å². The summed E-state index contributed by atoms with van der Waals surface area (Å²) in [5.74, 6) is 0.0521. The maximum Gasteiger partial charge on any atom is 0.116 e. The lowest BCUT2D eigenvalue weighted by Gasteiger charge is -1.97. The SMILES string of the molecule is OSCC(O)CF. The number of aliphatic hydroxyl groups is 1. The van der Waals surface area contributed by atoms with Crippen LogP contribution in [0, 0.1) is 0 Å². The fourth-order valence-corrected chi connectivity index (χ4v) is 0.392. The second kappa shape index (κ2) is 4.36. The molecule has 0 heterocycles. The van der Waals surface area contributed by atoms with Crippen LogP contribution in [0.15, 0.2) is 0 Å². The van der Waals surface area contributed by atoms with Gasteiger partial charge < -0.3 is 9.66 Å². The summed E-state index contributed by atoms with van der Waals surface area (Å²) >= 11 is 0.444. The van der Waals surface area contributed by atoms with Gasteiger partial charge in [-0.15, -0.1) is 0 Å². The Kier molecular flexibility index (Phi) is 4.49. The second-order valence-corrected chi connectivity index (χ2v) is 1.70. The van der Waals surface area contributed by atoms with Crippen molar-refractivity contribution < 1.29 is 14.0 Å². The van der Waals surface area contributed by atoms with Crippen LogP contribution in [0.4, 0.5) is 4.39 Å². The van der Waals surface area contributed by atoms with E-state index in [2.05, 4.69) is 0 Å². The van der Waals surface area contributed by atoms with Crippen molar-refractivity contribution in [1.82, 2.24) is 0 Å². The molecule has 0 saturated heterocycles. The van der Waals surface area contributed by atoms with Gasteiger partial charge in [0.25, 0.3) is 0 Å². The monoisotopic (exact) mass is 126 g/mol. The number of aliphatic hydroxyl groups excluding tert-OH is 1. The van der Waals surface area contributed by atoms with E-state index in [0.29, 0.717) is 12.0 Å². The van der Waals surface area contributed by atoms with E-state index in [0.717, 1.165) is 0 Å². The molecular weight excluding hydrogens is 119 g/mol. The van der Waals surface area contributed by atoms with Gasteiger partial charge in [-0.2, -0.15) is 0 Å². The standard InChI is InChI=1S/C3H7FO2S/c4-1-3(5)2-7-6/h3,5-6H,1-2H2. The van der Waals surface area contributed by atoms with Gasteiger partial charge in [-0.25, -0.2) is 4.39 Å². The molecule has 1 atom stereocenters. The maximum absolute atomic E-state index is 11.2. The highest BCUT2D eigenvalue weighted by Gasteiger charge is 1.99. The molecule has 0 saturated carbocycles. The molecule has 0 aliphatic rings. The number of rotatable bonds is 3. The van der Waals surface area contributed by atoms with Crippen LogP contribution < -0.4 is 0 Å². The lowest BCUT2D eigenvalue weighted by molar-refractivity contribution is 0.161. The molecule has 0 aliphatic carbocycles. The summed E-state index contributed by atoms with van der Waals surface area (Å²) < 4.78 is 19.2. The Bertz CT molecular complexity index is 43.9. The Morgan fingerprint density at radius 3 is 2.43 bits per heavy atom. The minimum atomic E-state index is -1.00. The van der Waals surface area contributed by atoms with E-state index in [4.69, 9.17) is 9.66 Å². The smallest absolute Gasteiger partial charge is 0.116 e. The first kappa shape index (κ1) is 7.20. The first-order valence-electron chi connectivity index (χ1n) is 1.81. The number of hydrogen-bond donors (Lipinski definition) is 2. The fraction of sp³-hybridized carbons (Fsp3) is 1.00. The Morgan fingerprint density at radius 1 is 1.71 bits per heavy atom. The lowest BCUT2D eigenvalue weighted by Crippen LogP contribution is -2.11. The topological polar surface area (TPSA) is 40.5 Å². The molecule has 0 aromatic rings. The molecule has 7 heavy (non-hydrogen) atoms. The Hall–Kier alpha value is 0.200. The predicted octanol–water partition coefficient (Wildman–Crippen LogP) is 0.523. The van der Waals surface area contributed by atoms with E-state index in [1.165, 1.54) is 0 Å². The molecule has 1 unspecified atom stereocenters. The van der Waals surface area contributed by atoms with Crippen LogP contribution in [0.3, 0.4) is 0 Å². The third-order valence-electron chi connectivity index (χ3n) is 0.445. The predicted molar refractivity (Wildman–Crippen MR) is 27.1 cm³/mol. The van der Waals surface area contributed by atoms with E-state index in [-0.39, 0.29) is 5.75 Å². The van der Waals surface area contributed by atoms with Crippen molar-refractivity contribution in [3.63, 3.8) is 0 Å². The number of hydrogen-bond acceptors (Lipinski definition) is 3. The normalized spacial score (nSPS) is 14.1. The van der Waals surface area contributed by atoms with Gasteiger partial charge in [0.2, 0.25) is 0 Å². The van der Waals surface area contributed by atoms with Crippen molar-refractivity contribution in [2.24, 2.45) is 0 Å². The molecule has 0 radical (unpaired) electrons. The maximum atomic E-state index is 11.2. The van der Waals surface area contributed by atoms with Crippen LogP contribution in [0.1, 0.15) is 0 Å². The van der Waals surface area contributed by atoms with Crippen LogP contribution in [-0.2, 0) is 0 Å². The van der Waals surface area contributed by atoms with Crippen molar-refractivity contribution in [2.45, 2.75) is 6.10 Å². The van der Waals surface area contributed by atoms with Crippen molar-refractivity contribution in [3.05, 3.63) is 0 Å². The average Bonchev–Trinajstić information content (AvgIpc) is 1.68. The summed E-state index contributed by atoms with van der Waals surface area (Å²) in [6.07, 6.45) is -1.00. The highest BCUT2D eigenvalue weighted by Crippen LogP contribution is 1.95. The zero-order valence-electron chi connectivity index (χ0n) is 3.67. The summed E-state index contributed by atoms with van der Waals surface area (Å²) in [5, 5.41) is 8.30. The third kappa shape index (κ3) is 4.04. The molecule has 44 valence electrons. The summed E-state index contributed by atoms with van der Waals surface area (Å²) in [5.41, 5.74) is 0. The van der Waals surface area contributed by atoms with Gasteiger partial charge in [0, 0.05) is 5.75 Å². The molecule has 0 aliphatic heterocycles. The van der Waals surface area contributed by atoms with Gasteiger partial charge in [0.1, 0.15) is 6.67 Å². The zero-order chi connectivity index (χ0) is 5.70. The molecule has 2 nitrogen and oxygen atoms in total. The van der Waals surface area contributed by atoms with Crippen LogP contribution in [0.2, 0.25) is 0 Å². The van der Waals surface area contributed by atoms with Crippen LogP contribution >= 0.6 is 12.0 Å². The van der Waals surface area contributed by atoms with E-state index < -0.39 is 12.8 Å². The molecule has 4 heteroatoms. The molecule has 0 aromatic heterocycles. The van der Waals surface area contributed by atoms with E-state index in [9.17, 15) is 4.39 Å². The van der Waals surface area contributed by atoms with Crippen LogP contribution in [0.25, 0.3) is 0 Å². The van der Waals surface area contributed by atoms with E-state index >= 15 is 0 Å². The van der Waals surface area contributed by atoms with Gasteiger partial charge >= 0.3 is 0 Å². The zero-order valence-corrected chi connectivity index (χ0v) is 4.49. The molecule has 0 bridgehead atoms. The molecule has 0 amide bonds.